The molecule has 0 bridgehead atoms. The second kappa shape index (κ2) is 7.31. The number of aryl methyl sites for hydroxylation is 1. The summed E-state index contributed by atoms with van der Waals surface area (Å²) in [5, 5.41) is 5.91. The first-order valence-electron chi connectivity index (χ1n) is 5.64. The fourth-order valence-corrected chi connectivity index (χ4v) is 3.01. The van der Waals surface area contributed by atoms with Crippen LogP contribution in [0.5, 0.6) is 0 Å². The van der Waals surface area contributed by atoms with Gasteiger partial charge in [-0.1, -0.05) is 13.8 Å². The molecule has 86 valence electrons. The maximum atomic E-state index is 3.62. The van der Waals surface area contributed by atoms with Crippen molar-refractivity contribution in [2.24, 2.45) is 0 Å². The van der Waals surface area contributed by atoms with Gasteiger partial charge in [-0.25, -0.2) is 0 Å². The molecule has 1 N–H and O–H groups in total. The molecule has 3 heteroatoms. The molecule has 0 spiro atoms. The Morgan fingerprint density at radius 2 is 2.27 bits per heavy atom. The van der Waals surface area contributed by atoms with Gasteiger partial charge in [-0.2, -0.15) is 11.8 Å². The summed E-state index contributed by atoms with van der Waals surface area (Å²) >= 11 is 3.86. The molecular weight excluding hydrogens is 222 g/mol. The third-order valence-electron chi connectivity index (χ3n) is 2.28. The van der Waals surface area contributed by atoms with E-state index >= 15 is 0 Å². The number of hydrogen-bond donors (Lipinski definition) is 1. The summed E-state index contributed by atoms with van der Waals surface area (Å²) in [5.74, 6) is 2.39. The van der Waals surface area contributed by atoms with Crippen molar-refractivity contribution in [3.8, 4) is 0 Å². The second-order valence-electron chi connectivity index (χ2n) is 3.66. The largest absolute Gasteiger partial charge is 0.309 e. The lowest BCUT2D eigenvalue weighted by atomic mass is 10.1. The highest BCUT2D eigenvalue weighted by atomic mass is 32.2. The molecule has 1 rings (SSSR count). The van der Waals surface area contributed by atoms with Crippen LogP contribution in [0, 0.1) is 6.92 Å². The molecule has 1 heterocycles. The Balaban J connectivity index is 2.54. The lowest BCUT2D eigenvalue weighted by Gasteiger charge is -2.16. The Hall–Kier alpha value is 0.0100. The van der Waals surface area contributed by atoms with Gasteiger partial charge in [0.15, 0.2) is 0 Å². The molecule has 1 nitrogen and oxygen atoms in total. The van der Waals surface area contributed by atoms with Crippen molar-refractivity contribution in [2.75, 3.05) is 18.1 Å². The van der Waals surface area contributed by atoms with Crippen LogP contribution in [0.4, 0.5) is 0 Å². The smallest absolute Gasteiger partial charge is 0.0420 e. The van der Waals surface area contributed by atoms with E-state index in [1.807, 2.05) is 23.1 Å². The topological polar surface area (TPSA) is 12.0 Å². The molecule has 0 aliphatic carbocycles. The van der Waals surface area contributed by atoms with Gasteiger partial charge in [-0.15, -0.1) is 11.3 Å². The highest BCUT2D eigenvalue weighted by Gasteiger charge is 2.11. The van der Waals surface area contributed by atoms with Crippen LogP contribution >= 0.6 is 23.1 Å². The van der Waals surface area contributed by atoms with Gasteiger partial charge in [0.05, 0.1) is 0 Å². The Bertz CT molecular complexity index is 262. The van der Waals surface area contributed by atoms with E-state index in [1.165, 1.54) is 28.4 Å². The number of rotatable bonds is 7. The van der Waals surface area contributed by atoms with Crippen LogP contribution in [-0.2, 0) is 0 Å². The van der Waals surface area contributed by atoms with Crippen molar-refractivity contribution < 1.29 is 0 Å². The number of hydrogen-bond acceptors (Lipinski definition) is 3. The van der Waals surface area contributed by atoms with Gasteiger partial charge in [0.25, 0.3) is 0 Å². The average molecular weight is 243 g/mol. The van der Waals surface area contributed by atoms with Crippen molar-refractivity contribution in [1.82, 2.24) is 5.32 Å². The summed E-state index contributed by atoms with van der Waals surface area (Å²) in [7, 11) is 0. The van der Waals surface area contributed by atoms with Crippen molar-refractivity contribution in [2.45, 2.75) is 33.2 Å². The Kier molecular flexibility index (Phi) is 6.37. The third kappa shape index (κ3) is 4.58. The molecule has 15 heavy (non-hydrogen) atoms. The van der Waals surface area contributed by atoms with Gasteiger partial charge in [0.1, 0.15) is 0 Å². The van der Waals surface area contributed by atoms with Gasteiger partial charge < -0.3 is 5.32 Å². The summed E-state index contributed by atoms with van der Waals surface area (Å²) in [6, 6.07) is 2.86. The summed E-state index contributed by atoms with van der Waals surface area (Å²) in [6.07, 6.45) is 1.20. The minimum absolute atomic E-state index is 0.542. The normalized spacial score (nSPS) is 13.0. The Labute approximate surface area is 102 Å². The Morgan fingerprint density at radius 1 is 1.47 bits per heavy atom. The monoisotopic (exact) mass is 243 g/mol. The molecule has 1 atom stereocenters. The lowest BCUT2D eigenvalue weighted by molar-refractivity contribution is 0.579. The van der Waals surface area contributed by atoms with Gasteiger partial charge in [0.2, 0.25) is 0 Å². The molecule has 0 amide bonds. The maximum Gasteiger partial charge on any atom is 0.0420 e. The van der Waals surface area contributed by atoms with E-state index < -0.39 is 0 Å². The minimum atomic E-state index is 0.542. The van der Waals surface area contributed by atoms with Gasteiger partial charge in [-0.05, 0) is 42.7 Å². The molecule has 0 saturated carbocycles. The highest BCUT2D eigenvalue weighted by Crippen LogP contribution is 2.23. The summed E-state index contributed by atoms with van der Waals surface area (Å²) in [4.78, 5) is 1.41. The third-order valence-corrected chi connectivity index (χ3v) is 4.14. The molecule has 0 saturated heterocycles. The number of nitrogens with one attached hydrogen (secondary N) is 1. The first-order valence-corrected chi connectivity index (χ1v) is 7.67. The lowest BCUT2D eigenvalue weighted by Crippen LogP contribution is -2.23. The van der Waals surface area contributed by atoms with E-state index in [0.717, 1.165) is 6.54 Å². The van der Waals surface area contributed by atoms with Crippen molar-refractivity contribution in [3.05, 3.63) is 21.9 Å². The quantitative estimate of drug-likeness (QED) is 0.780. The fourth-order valence-electron chi connectivity index (χ4n) is 1.47. The molecule has 0 radical (unpaired) electrons. The summed E-state index contributed by atoms with van der Waals surface area (Å²) in [6.45, 7) is 7.73. The van der Waals surface area contributed by atoms with Crippen molar-refractivity contribution >= 4 is 23.1 Å². The number of thiophene rings is 1. The van der Waals surface area contributed by atoms with Crippen molar-refractivity contribution in [3.63, 3.8) is 0 Å². The van der Waals surface area contributed by atoms with Crippen LogP contribution in [0.2, 0.25) is 0 Å². The van der Waals surface area contributed by atoms with Gasteiger partial charge >= 0.3 is 0 Å². The molecule has 0 aromatic carbocycles. The van der Waals surface area contributed by atoms with E-state index in [9.17, 15) is 0 Å². The SMILES string of the molecule is CCCNC(CSCC)c1csc(C)c1. The summed E-state index contributed by atoms with van der Waals surface area (Å²) in [5.41, 5.74) is 1.46. The first-order chi connectivity index (χ1) is 7.27. The second-order valence-corrected chi connectivity index (χ2v) is 6.09. The van der Waals surface area contributed by atoms with E-state index in [4.69, 9.17) is 0 Å². The van der Waals surface area contributed by atoms with Crippen LogP contribution in [0.25, 0.3) is 0 Å². The standard InChI is InChI=1S/C12H21NS2/c1-4-6-13-12(9-14-5-2)11-7-10(3)15-8-11/h7-8,12-13H,4-6,9H2,1-3H3. The first kappa shape index (κ1) is 13.1. The molecular formula is C12H21NS2. The average Bonchev–Trinajstić information content (AvgIpc) is 2.65. The zero-order valence-corrected chi connectivity index (χ0v) is 11.5. The molecule has 0 fully saturated rings. The molecule has 0 aliphatic heterocycles. The van der Waals surface area contributed by atoms with Crippen LogP contribution < -0.4 is 5.32 Å². The van der Waals surface area contributed by atoms with E-state index in [2.05, 4.69) is 37.5 Å². The fraction of sp³-hybridized carbons (Fsp3) is 0.667. The zero-order valence-electron chi connectivity index (χ0n) is 9.88. The van der Waals surface area contributed by atoms with Crippen LogP contribution in [-0.4, -0.2) is 18.1 Å². The van der Waals surface area contributed by atoms with E-state index in [1.54, 1.807) is 0 Å². The maximum absolute atomic E-state index is 3.62. The van der Waals surface area contributed by atoms with E-state index in [-0.39, 0.29) is 0 Å². The molecule has 1 aromatic heterocycles. The van der Waals surface area contributed by atoms with Crippen molar-refractivity contribution in [1.29, 1.82) is 0 Å². The molecule has 1 aromatic rings. The Morgan fingerprint density at radius 3 is 2.80 bits per heavy atom. The summed E-state index contributed by atoms with van der Waals surface area (Å²) < 4.78 is 0. The predicted octanol–water partition coefficient (Wildman–Crippen LogP) is 3.85. The zero-order chi connectivity index (χ0) is 11.1. The molecule has 0 aliphatic rings. The van der Waals surface area contributed by atoms with Gasteiger partial charge in [-0.3, -0.25) is 0 Å². The van der Waals surface area contributed by atoms with Crippen LogP contribution in [0.1, 0.15) is 36.8 Å². The van der Waals surface area contributed by atoms with Crippen LogP contribution in [0.15, 0.2) is 11.4 Å². The minimum Gasteiger partial charge on any atom is -0.309 e. The highest BCUT2D eigenvalue weighted by molar-refractivity contribution is 7.99. The number of thioether (sulfide) groups is 1. The molecule has 1 unspecified atom stereocenters. The van der Waals surface area contributed by atoms with E-state index in [0.29, 0.717) is 6.04 Å². The van der Waals surface area contributed by atoms with Crippen LogP contribution in [0.3, 0.4) is 0 Å². The van der Waals surface area contributed by atoms with Gasteiger partial charge in [0, 0.05) is 16.7 Å². The predicted molar refractivity (Wildman–Crippen MR) is 73.1 cm³/mol.